The molecule has 4 nitrogen and oxygen atoms in total. The number of carbonyl (C=O) groups excluding carboxylic acids is 2. The molecule has 114 valence electrons. The first-order chi connectivity index (χ1) is 10.1. The Morgan fingerprint density at radius 2 is 1.86 bits per heavy atom. The van der Waals surface area contributed by atoms with Crippen molar-refractivity contribution < 1.29 is 9.59 Å². The second-order valence-corrected chi connectivity index (χ2v) is 6.12. The van der Waals surface area contributed by atoms with E-state index in [1.807, 2.05) is 26.0 Å². The third kappa shape index (κ3) is 4.31. The molecule has 4 heteroatoms. The number of benzene rings is 1. The van der Waals surface area contributed by atoms with Crippen molar-refractivity contribution in [1.29, 1.82) is 0 Å². The average molecular weight is 288 g/mol. The Labute approximate surface area is 126 Å². The van der Waals surface area contributed by atoms with Crippen molar-refractivity contribution in [3.63, 3.8) is 0 Å². The molecule has 0 aromatic heterocycles. The summed E-state index contributed by atoms with van der Waals surface area (Å²) >= 11 is 0. The molecule has 0 heterocycles. The van der Waals surface area contributed by atoms with Crippen LogP contribution in [0.1, 0.15) is 49.9 Å². The van der Waals surface area contributed by atoms with E-state index in [4.69, 9.17) is 0 Å². The first kappa shape index (κ1) is 15.5. The van der Waals surface area contributed by atoms with E-state index < -0.39 is 0 Å². The van der Waals surface area contributed by atoms with Crippen molar-refractivity contribution in [2.24, 2.45) is 11.8 Å². The maximum absolute atomic E-state index is 12.2. The van der Waals surface area contributed by atoms with E-state index in [1.54, 1.807) is 12.1 Å². The Hall–Kier alpha value is -1.84. The van der Waals surface area contributed by atoms with E-state index in [0.29, 0.717) is 23.7 Å². The normalized spacial score (nSPS) is 15.2. The van der Waals surface area contributed by atoms with Crippen LogP contribution in [-0.4, -0.2) is 18.4 Å². The van der Waals surface area contributed by atoms with Crippen LogP contribution in [0, 0.1) is 11.8 Å². The SMILES string of the molecule is CC(C)CNC(=O)c1ccccc1NC(=O)C1CCCC1. The second kappa shape index (κ2) is 7.25. The predicted molar refractivity (Wildman–Crippen MR) is 84.2 cm³/mol. The minimum Gasteiger partial charge on any atom is -0.352 e. The number of carbonyl (C=O) groups is 2. The summed E-state index contributed by atoms with van der Waals surface area (Å²) in [4.78, 5) is 24.4. The van der Waals surface area contributed by atoms with Gasteiger partial charge in [-0.05, 0) is 30.9 Å². The van der Waals surface area contributed by atoms with Gasteiger partial charge in [0.25, 0.3) is 5.91 Å². The summed E-state index contributed by atoms with van der Waals surface area (Å²) in [6.45, 7) is 4.73. The summed E-state index contributed by atoms with van der Waals surface area (Å²) in [6.07, 6.45) is 4.14. The molecule has 1 saturated carbocycles. The quantitative estimate of drug-likeness (QED) is 0.874. The van der Waals surface area contributed by atoms with Crippen LogP contribution in [-0.2, 0) is 4.79 Å². The molecule has 0 unspecified atom stereocenters. The maximum atomic E-state index is 12.2. The minimum absolute atomic E-state index is 0.0385. The molecule has 21 heavy (non-hydrogen) atoms. The van der Waals surface area contributed by atoms with E-state index in [9.17, 15) is 9.59 Å². The molecule has 0 spiro atoms. The summed E-state index contributed by atoms with van der Waals surface area (Å²) in [6, 6.07) is 7.19. The maximum Gasteiger partial charge on any atom is 0.253 e. The Morgan fingerprint density at radius 1 is 1.19 bits per heavy atom. The van der Waals surface area contributed by atoms with Gasteiger partial charge in [0.2, 0.25) is 5.91 Å². The lowest BCUT2D eigenvalue weighted by Crippen LogP contribution is -2.29. The number of amides is 2. The molecule has 2 N–H and O–H groups in total. The number of anilines is 1. The number of hydrogen-bond donors (Lipinski definition) is 2. The first-order valence-electron chi connectivity index (χ1n) is 7.76. The third-order valence-electron chi connectivity index (χ3n) is 3.83. The van der Waals surface area contributed by atoms with Gasteiger partial charge >= 0.3 is 0 Å². The zero-order chi connectivity index (χ0) is 15.2. The monoisotopic (exact) mass is 288 g/mol. The molecule has 0 bridgehead atoms. The zero-order valence-electron chi connectivity index (χ0n) is 12.8. The second-order valence-electron chi connectivity index (χ2n) is 6.12. The number of rotatable bonds is 5. The predicted octanol–water partition coefficient (Wildman–Crippen LogP) is 3.20. The summed E-state index contributed by atoms with van der Waals surface area (Å²) in [5.74, 6) is 0.397. The largest absolute Gasteiger partial charge is 0.352 e. The molecule has 2 rings (SSSR count). The summed E-state index contributed by atoms with van der Waals surface area (Å²) in [5.41, 5.74) is 1.14. The van der Waals surface area contributed by atoms with E-state index in [0.717, 1.165) is 25.7 Å². The molecule has 0 aliphatic heterocycles. The fraction of sp³-hybridized carbons (Fsp3) is 0.529. The van der Waals surface area contributed by atoms with E-state index in [-0.39, 0.29) is 17.7 Å². The fourth-order valence-electron chi connectivity index (χ4n) is 2.60. The van der Waals surface area contributed by atoms with Crippen LogP contribution in [0.4, 0.5) is 5.69 Å². The lowest BCUT2D eigenvalue weighted by molar-refractivity contribution is -0.119. The molecule has 1 aromatic rings. The molecular formula is C17H24N2O2. The zero-order valence-corrected chi connectivity index (χ0v) is 12.8. The lowest BCUT2D eigenvalue weighted by Gasteiger charge is -2.14. The lowest BCUT2D eigenvalue weighted by atomic mass is 10.1. The van der Waals surface area contributed by atoms with Gasteiger partial charge in [-0.2, -0.15) is 0 Å². The van der Waals surface area contributed by atoms with E-state index in [1.165, 1.54) is 0 Å². The molecule has 0 atom stereocenters. The molecule has 0 saturated heterocycles. The van der Waals surface area contributed by atoms with Crippen LogP contribution in [0.2, 0.25) is 0 Å². The molecule has 1 fully saturated rings. The molecule has 2 amide bonds. The van der Waals surface area contributed by atoms with Crippen molar-refractivity contribution in [2.45, 2.75) is 39.5 Å². The highest BCUT2D eigenvalue weighted by Gasteiger charge is 2.23. The van der Waals surface area contributed by atoms with Gasteiger partial charge in [0.15, 0.2) is 0 Å². The van der Waals surface area contributed by atoms with Gasteiger partial charge in [0.1, 0.15) is 0 Å². The van der Waals surface area contributed by atoms with Crippen molar-refractivity contribution in [3.8, 4) is 0 Å². The van der Waals surface area contributed by atoms with Crippen molar-refractivity contribution >= 4 is 17.5 Å². The molecule has 1 aromatic carbocycles. The van der Waals surface area contributed by atoms with Crippen LogP contribution < -0.4 is 10.6 Å². The average Bonchev–Trinajstić information content (AvgIpc) is 2.99. The van der Waals surface area contributed by atoms with Crippen molar-refractivity contribution in [3.05, 3.63) is 29.8 Å². The van der Waals surface area contributed by atoms with Gasteiger partial charge in [-0.1, -0.05) is 38.8 Å². The van der Waals surface area contributed by atoms with E-state index in [2.05, 4.69) is 10.6 Å². The summed E-state index contributed by atoms with van der Waals surface area (Å²) in [7, 11) is 0. The molecule has 0 radical (unpaired) electrons. The van der Waals surface area contributed by atoms with Crippen LogP contribution in [0.5, 0.6) is 0 Å². The van der Waals surface area contributed by atoms with Crippen molar-refractivity contribution in [1.82, 2.24) is 5.32 Å². The Balaban J connectivity index is 2.05. The van der Waals surface area contributed by atoms with Crippen LogP contribution in [0.25, 0.3) is 0 Å². The highest BCUT2D eigenvalue weighted by Crippen LogP contribution is 2.26. The van der Waals surface area contributed by atoms with Gasteiger partial charge < -0.3 is 10.6 Å². The Morgan fingerprint density at radius 3 is 2.52 bits per heavy atom. The third-order valence-corrected chi connectivity index (χ3v) is 3.83. The highest BCUT2D eigenvalue weighted by atomic mass is 16.2. The van der Waals surface area contributed by atoms with Gasteiger partial charge in [0, 0.05) is 12.5 Å². The van der Waals surface area contributed by atoms with Gasteiger partial charge in [0.05, 0.1) is 11.3 Å². The number of hydrogen-bond acceptors (Lipinski definition) is 2. The summed E-state index contributed by atoms with van der Waals surface area (Å²) in [5, 5.41) is 5.81. The minimum atomic E-state index is -0.133. The topological polar surface area (TPSA) is 58.2 Å². The van der Waals surface area contributed by atoms with Gasteiger partial charge in [-0.3, -0.25) is 9.59 Å². The van der Waals surface area contributed by atoms with Gasteiger partial charge in [-0.25, -0.2) is 0 Å². The van der Waals surface area contributed by atoms with Crippen LogP contribution >= 0.6 is 0 Å². The number of para-hydroxylation sites is 1. The van der Waals surface area contributed by atoms with Gasteiger partial charge in [-0.15, -0.1) is 0 Å². The highest BCUT2D eigenvalue weighted by molar-refractivity contribution is 6.04. The first-order valence-corrected chi connectivity index (χ1v) is 7.76. The Kier molecular flexibility index (Phi) is 5.37. The molecule has 1 aliphatic rings. The number of nitrogens with one attached hydrogen (secondary N) is 2. The smallest absolute Gasteiger partial charge is 0.253 e. The Bertz CT molecular complexity index is 505. The van der Waals surface area contributed by atoms with Crippen LogP contribution in [0.15, 0.2) is 24.3 Å². The molecular weight excluding hydrogens is 264 g/mol. The molecule has 1 aliphatic carbocycles. The van der Waals surface area contributed by atoms with Crippen LogP contribution in [0.3, 0.4) is 0 Å². The standard InChI is InChI=1S/C17H24N2O2/c1-12(2)11-18-17(21)14-9-5-6-10-15(14)19-16(20)13-7-3-4-8-13/h5-6,9-10,12-13H,3-4,7-8,11H2,1-2H3,(H,18,21)(H,19,20). The fourth-order valence-corrected chi connectivity index (χ4v) is 2.60. The van der Waals surface area contributed by atoms with E-state index >= 15 is 0 Å². The van der Waals surface area contributed by atoms with Crippen molar-refractivity contribution in [2.75, 3.05) is 11.9 Å². The summed E-state index contributed by atoms with van der Waals surface area (Å²) < 4.78 is 0.